The highest BCUT2D eigenvalue weighted by Crippen LogP contribution is 2.19. The van der Waals surface area contributed by atoms with E-state index in [1.807, 2.05) is 52.0 Å². The summed E-state index contributed by atoms with van der Waals surface area (Å²) in [6, 6.07) is 7.95. The molecule has 100 valence electrons. The van der Waals surface area contributed by atoms with E-state index < -0.39 is 6.10 Å². The van der Waals surface area contributed by atoms with Crippen molar-refractivity contribution in [1.29, 1.82) is 0 Å². The molecule has 0 saturated carbocycles. The van der Waals surface area contributed by atoms with Gasteiger partial charge in [0.25, 0.3) is 0 Å². The third kappa shape index (κ3) is 3.18. The Morgan fingerprint density at radius 2 is 1.47 bits per heavy atom. The molecule has 2 rings (SSSR count). The van der Waals surface area contributed by atoms with Crippen LogP contribution in [0.15, 0.2) is 24.3 Å². The van der Waals surface area contributed by atoms with Crippen LogP contribution in [0.3, 0.4) is 0 Å². The van der Waals surface area contributed by atoms with E-state index in [2.05, 4.69) is 9.97 Å². The lowest BCUT2D eigenvalue weighted by Crippen LogP contribution is -2.08. The number of nitrogens with zero attached hydrogens (tertiary/aromatic N) is 2. The average molecular weight is 256 g/mol. The molecule has 0 spiro atoms. The largest absolute Gasteiger partial charge is 0.388 e. The second-order valence-corrected chi connectivity index (χ2v) is 5.06. The Bertz CT molecular complexity index is 576. The predicted molar refractivity (Wildman–Crippen MR) is 76.1 cm³/mol. The molecule has 1 unspecified atom stereocenters. The average Bonchev–Trinajstić information content (AvgIpc) is 2.36. The maximum absolute atomic E-state index is 10.3. The quantitative estimate of drug-likeness (QED) is 0.918. The molecule has 2 aromatic rings. The lowest BCUT2D eigenvalue weighted by molar-refractivity contribution is 0.176. The van der Waals surface area contributed by atoms with E-state index in [0.717, 1.165) is 28.3 Å². The van der Waals surface area contributed by atoms with Crippen LogP contribution in [0, 0.1) is 27.7 Å². The Morgan fingerprint density at radius 3 is 2.11 bits per heavy atom. The molecule has 1 atom stereocenters. The van der Waals surface area contributed by atoms with Crippen molar-refractivity contribution in [2.75, 3.05) is 0 Å². The van der Waals surface area contributed by atoms with E-state index in [1.54, 1.807) is 0 Å². The van der Waals surface area contributed by atoms with Gasteiger partial charge in [0.15, 0.2) is 0 Å². The summed E-state index contributed by atoms with van der Waals surface area (Å²) < 4.78 is 0. The van der Waals surface area contributed by atoms with Gasteiger partial charge in [0.2, 0.25) is 0 Å². The van der Waals surface area contributed by atoms with E-state index in [0.29, 0.717) is 6.42 Å². The highest BCUT2D eigenvalue weighted by Gasteiger charge is 2.13. The summed E-state index contributed by atoms with van der Waals surface area (Å²) in [7, 11) is 0. The summed E-state index contributed by atoms with van der Waals surface area (Å²) >= 11 is 0. The Balaban J connectivity index is 2.21. The van der Waals surface area contributed by atoms with E-state index in [-0.39, 0.29) is 0 Å². The molecule has 3 heteroatoms. The van der Waals surface area contributed by atoms with Crippen molar-refractivity contribution < 1.29 is 5.11 Å². The number of aromatic nitrogens is 2. The van der Waals surface area contributed by atoms with Crippen molar-refractivity contribution >= 4 is 0 Å². The van der Waals surface area contributed by atoms with Crippen LogP contribution in [0.5, 0.6) is 0 Å². The number of hydrogen-bond acceptors (Lipinski definition) is 3. The monoisotopic (exact) mass is 256 g/mol. The third-order valence-electron chi connectivity index (χ3n) is 3.43. The highest BCUT2D eigenvalue weighted by atomic mass is 16.3. The Kier molecular flexibility index (Phi) is 3.96. The van der Waals surface area contributed by atoms with Gasteiger partial charge in [-0.15, -0.1) is 0 Å². The van der Waals surface area contributed by atoms with Gasteiger partial charge in [-0.25, -0.2) is 0 Å². The molecule has 3 nitrogen and oxygen atoms in total. The van der Waals surface area contributed by atoms with Crippen LogP contribution in [-0.4, -0.2) is 15.1 Å². The predicted octanol–water partition coefficient (Wildman–Crippen LogP) is 2.99. The number of aliphatic hydroxyl groups is 1. The van der Waals surface area contributed by atoms with Gasteiger partial charge in [-0.3, -0.25) is 9.97 Å². The zero-order valence-corrected chi connectivity index (χ0v) is 11.9. The van der Waals surface area contributed by atoms with Crippen molar-refractivity contribution in [3.8, 4) is 0 Å². The second kappa shape index (κ2) is 5.49. The van der Waals surface area contributed by atoms with Crippen molar-refractivity contribution in [3.05, 3.63) is 58.2 Å². The number of aliphatic hydroxyl groups excluding tert-OH is 1. The van der Waals surface area contributed by atoms with Gasteiger partial charge in [-0.05, 0) is 33.3 Å². The summed E-state index contributed by atoms with van der Waals surface area (Å²) in [6.07, 6.45) is -0.0288. The molecule has 0 radical (unpaired) electrons. The van der Waals surface area contributed by atoms with Crippen LogP contribution in [0.25, 0.3) is 0 Å². The van der Waals surface area contributed by atoms with Gasteiger partial charge >= 0.3 is 0 Å². The molecule has 0 bridgehead atoms. The van der Waals surface area contributed by atoms with Gasteiger partial charge < -0.3 is 5.11 Å². The zero-order valence-electron chi connectivity index (χ0n) is 11.9. The van der Waals surface area contributed by atoms with Gasteiger partial charge in [0, 0.05) is 6.42 Å². The van der Waals surface area contributed by atoms with Gasteiger partial charge in [0.1, 0.15) is 0 Å². The maximum atomic E-state index is 10.3. The van der Waals surface area contributed by atoms with Gasteiger partial charge in [0.05, 0.1) is 28.9 Å². The summed E-state index contributed by atoms with van der Waals surface area (Å²) in [6.45, 7) is 7.88. The van der Waals surface area contributed by atoms with Crippen molar-refractivity contribution in [3.63, 3.8) is 0 Å². The van der Waals surface area contributed by atoms with Crippen molar-refractivity contribution in [1.82, 2.24) is 9.97 Å². The smallest absolute Gasteiger partial charge is 0.0846 e. The minimum atomic E-state index is -0.532. The molecule has 0 aliphatic heterocycles. The van der Waals surface area contributed by atoms with Crippen LogP contribution in [0.1, 0.15) is 40.0 Å². The first-order valence-corrected chi connectivity index (χ1v) is 6.52. The SMILES string of the molecule is Cc1ccc(C(O)Cc2nc(C)c(C)nc2C)cc1. The van der Waals surface area contributed by atoms with Crippen LogP contribution < -0.4 is 0 Å². The topological polar surface area (TPSA) is 46.0 Å². The lowest BCUT2D eigenvalue weighted by Gasteiger charge is -2.13. The fourth-order valence-corrected chi connectivity index (χ4v) is 2.04. The number of hydrogen-bond donors (Lipinski definition) is 1. The molecular formula is C16H20N2O. The fourth-order valence-electron chi connectivity index (χ4n) is 2.04. The lowest BCUT2D eigenvalue weighted by atomic mass is 10.0. The maximum Gasteiger partial charge on any atom is 0.0846 e. The highest BCUT2D eigenvalue weighted by molar-refractivity contribution is 5.25. The van der Waals surface area contributed by atoms with Crippen molar-refractivity contribution in [2.24, 2.45) is 0 Å². The van der Waals surface area contributed by atoms with E-state index in [9.17, 15) is 5.11 Å². The molecule has 1 aromatic heterocycles. The Morgan fingerprint density at radius 1 is 0.895 bits per heavy atom. The van der Waals surface area contributed by atoms with Crippen molar-refractivity contribution in [2.45, 2.75) is 40.2 Å². The van der Waals surface area contributed by atoms with Crippen LogP contribution in [-0.2, 0) is 6.42 Å². The van der Waals surface area contributed by atoms with E-state index in [1.165, 1.54) is 5.56 Å². The number of benzene rings is 1. The molecule has 0 amide bonds. The molecule has 0 fully saturated rings. The molecule has 1 aromatic carbocycles. The second-order valence-electron chi connectivity index (χ2n) is 5.06. The molecular weight excluding hydrogens is 236 g/mol. The first-order valence-electron chi connectivity index (χ1n) is 6.52. The van der Waals surface area contributed by atoms with Crippen LogP contribution in [0.2, 0.25) is 0 Å². The molecule has 19 heavy (non-hydrogen) atoms. The summed E-state index contributed by atoms with van der Waals surface area (Å²) in [5, 5.41) is 10.3. The summed E-state index contributed by atoms with van der Waals surface area (Å²) in [5.74, 6) is 0. The normalized spacial score (nSPS) is 12.5. The number of rotatable bonds is 3. The minimum Gasteiger partial charge on any atom is -0.388 e. The molecule has 0 saturated heterocycles. The third-order valence-corrected chi connectivity index (χ3v) is 3.43. The minimum absolute atomic E-state index is 0.503. The van der Waals surface area contributed by atoms with E-state index >= 15 is 0 Å². The van der Waals surface area contributed by atoms with Crippen LogP contribution >= 0.6 is 0 Å². The standard InChI is InChI=1S/C16H20N2O/c1-10-5-7-14(8-6-10)16(19)9-15-13(4)17-11(2)12(3)18-15/h5-8,16,19H,9H2,1-4H3. The summed E-state index contributed by atoms with van der Waals surface area (Å²) in [5.41, 5.74) is 5.76. The Hall–Kier alpha value is -1.74. The molecule has 0 aliphatic carbocycles. The van der Waals surface area contributed by atoms with Gasteiger partial charge in [-0.1, -0.05) is 29.8 Å². The van der Waals surface area contributed by atoms with E-state index in [4.69, 9.17) is 0 Å². The fraction of sp³-hybridized carbons (Fsp3) is 0.375. The summed E-state index contributed by atoms with van der Waals surface area (Å²) in [4.78, 5) is 8.99. The first-order chi connectivity index (χ1) is 8.97. The Labute approximate surface area is 114 Å². The molecule has 1 N–H and O–H groups in total. The first kappa shape index (κ1) is 13.7. The van der Waals surface area contributed by atoms with Gasteiger partial charge in [-0.2, -0.15) is 0 Å². The number of aryl methyl sites for hydroxylation is 4. The zero-order chi connectivity index (χ0) is 14.0. The molecule has 1 heterocycles. The molecule has 0 aliphatic rings. The van der Waals surface area contributed by atoms with Crippen LogP contribution in [0.4, 0.5) is 0 Å².